The first-order chi connectivity index (χ1) is 11.5. The van der Waals surface area contributed by atoms with Gasteiger partial charge in [0.2, 0.25) is 0 Å². The largest absolute Gasteiger partial charge is 0.497 e. The van der Waals surface area contributed by atoms with Gasteiger partial charge in [0.1, 0.15) is 11.6 Å². The maximum atomic E-state index is 13.0. The molecule has 0 bridgehead atoms. The van der Waals surface area contributed by atoms with Crippen LogP contribution in [0.5, 0.6) is 5.75 Å². The molecule has 0 saturated carbocycles. The zero-order valence-corrected chi connectivity index (χ0v) is 13.7. The van der Waals surface area contributed by atoms with Gasteiger partial charge in [-0.2, -0.15) is 0 Å². The number of carboxylic acids is 1. The molecule has 2 atom stereocenters. The standard InChI is InChI=1S/C19H21FO4/c1-13(24-12-15-5-9-17(23-2)10-6-15)18(19(21)22)11-14-3-7-16(20)8-4-14/h3-10,13,18H,11-12H2,1-2H3,(H,21,22). The Labute approximate surface area is 140 Å². The smallest absolute Gasteiger partial charge is 0.309 e. The van der Waals surface area contributed by atoms with E-state index < -0.39 is 18.0 Å². The number of carboxylic acid groups (broad SMARTS) is 1. The van der Waals surface area contributed by atoms with Gasteiger partial charge in [-0.15, -0.1) is 0 Å². The van der Waals surface area contributed by atoms with E-state index in [4.69, 9.17) is 9.47 Å². The Morgan fingerprint density at radius 1 is 1.08 bits per heavy atom. The Bertz CT molecular complexity index is 652. The van der Waals surface area contributed by atoms with Crippen LogP contribution in [0.15, 0.2) is 48.5 Å². The van der Waals surface area contributed by atoms with Crippen LogP contribution in [-0.2, 0) is 22.6 Å². The van der Waals surface area contributed by atoms with E-state index in [0.717, 1.165) is 16.9 Å². The lowest BCUT2D eigenvalue weighted by molar-refractivity contribution is -0.147. The first-order valence-corrected chi connectivity index (χ1v) is 7.71. The molecule has 0 aromatic heterocycles. The lowest BCUT2D eigenvalue weighted by Gasteiger charge is -2.21. The summed E-state index contributed by atoms with van der Waals surface area (Å²) in [6.07, 6.45) is -0.186. The lowest BCUT2D eigenvalue weighted by Crippen LogP contribution is -2.30. The van der Waals surface area contributed by atoms with E-state index in [1.807, 2.05) is 24.3 Å². The third-order valence-corrected chi connectivity index (χ3v) is 3.92. The highest BCUT2D eigenvalue weighted by molar-refractivity contribution is 5.71. The highest BCUT2D eigenvalue weighted by Gasteiger charge is 2.25. The van der Waals surface area contributed by atoms with Crippen LogP contribution in [0.1, 0.15) is 18.1 Å². The summed E-state index contributed by atoms with van der Waals surface area (Å²) in [5.74, 6) is -1.21. The van der Waals surface area contributed by atoms with Crippen LogP contribution in [0.25, 0.3) is 0 Å². The molecular weight excluding hydrogens is 311 g/mol. The molecule has 0 aliphatic rings. The summed E-state index contributed by atoms with van der Waals surface area (Å²) in [4.78, 5) is 11.5. The van der Waals surface area contributed by atoms with E-state index in [9.17, 15) is 14.3 Å². The normalized spacial score (nSPS) is 13.3. The van der Waals surface area contributed by atoms with Crippen molar-refractivity contribution in [3.05, 3.63) is 65.5 Å². The molecule has 0 aliphatic heterocycles. The van der Waals surface area contributed by atoms with Gasteiger partial charge in [0, 0.05) is 0 Å². The minimum Gasteiger partial charge on any atom is -0.497 e. The molecule has 4 nitrogen and oxygen atoms in total. The fourth-order valence-corrected chi connectivity index (χ4v) is 2.39. The molecule has 1 N–H and O–H groups in total. The van der Waals surface area contributed by atoms with Crippen molar-refractivity contribution >= 4 is 5.97 Å². The Morgan fingerprint density at radius 3 is 2.21 bits per heavy atom. The summed E-state index contributed by atoms with van der Waals surface area (Å²) in [5, 5.41) is 9.45. The molecule has 2 rings (SSSR count). The van der Waals surface area contributed by atoms with Crippen LogP contribution in [0.2, 0.25) is 0 Å². The van der Waals surface area contributed by atoms with Crippen LogP contribution in [0, 0.1) is 11.7 Å². The van der Waals surface area contributed by atoms with E-state index in [0.29, 0.717) is 13.0 Å². The summed E-state index contributed by atoms with van der Waals surface area (Å²) in [5.41, 5.74) is 1.71. The fraction of sp³-hybridized carbons (Fsp3) is 0.316. The van der Waals surface area contributed by atoms with Crippen molar-refractivity contribution in [3.63, 3.8) is 0 Å². The highest BCUT2D eigenvalue weighted by atomic mass is 19.1. The van der Waals surface area contributed by atoms with Gasteiger partial charge >= 0.3 is 5.97 Å². The van der Waals surface area contributed by atoms with Gasteiger partial charge in [0.25, 0.3) is 0 Å². The number of benzene rings is 2. The second-order valence-corrected chi connectivity index (χ2v) is 5.64. The zero-order valence-electron chi connectivity index (χ0n) is 13.7. The van der Waals surface area contributed by atoms with Crippen LogP contribution in [0.3, 0.4) is 0 Å². The minimum atomic E-state index is -0.929. The SMILES string of the molecule is COc1ccc(COC(C)C(Cc2ccc(F)cc2)C(=O)O)cc1. The highest BCUT2D eigenvalue weighted by Crippen LogP contribution is 2.18. The van der Waals surface area contributed by atoms with E-state index in [2.05, 4.69) is 0 Å². The first-order valence-electron chi connectivity index (χ1n) is 7.71. The Balaban J connectivity index is 1.96. The fourth-order valence-electron chi connectivity index (χ4n) is 2.39. The van der Waals surface area contributed by atoms with Crippen molar-refractivity contribution in [2.24, 2.45) is 5.92 Å². The average Bonchev–Trinajstić information content (AvgIpc) is 2.59. The summed E-state index contributed by atoms with van der Waals surface area (Å²) < 4.78 is 23.8. The second-order valence-electron chi connectivity index (χ2n) is 5.64. The number of aliphatic carboxylic acids is 1. The molecule has 5 heteroatoms. The molecule has 0 fully saturated rings. The van der Waals surface area contributed by atoms with Gasteiger partial charge in [0.15, 0.2) is 0 Å². The zero-order chi connectivity index (χ0) is 17.5. The Morgan fingerprint density at radius 2 is 1.67 bits per heavy atom. The number of methoxy groups -OCH3 is 1. The molecular formula is C19H21FO4. The number of hydrogen-bond donors (Lipinski definition) is 1. The van der Waals surface area contributed by atoms with Crippen molar-refractivity contribution in [2.75, 3.05) is 7.11 Å². The summed E-state index contributed by atoms with van der Waals surface area (Å²) in [7, 11) is 1.60. The third-order valence-electron chi connectivity index (χ3n) is 3.92. The summed E-state index contributed by atoms with van der Waals surface area (Å²) >= 11 is 0. The van der Waals surface area contributed by atoms with Gasteiger partial charge in [-0.1, -0.05) is 24.3 Å². The first kappa shape index (κ1) is 17.9. The predicted octanol–water partition coefficient (Wildman–Crippen LogP) is 3.68. The van der Waals surface area contributed by atoms with Gasteiger partial charge in [-0.3, -0.25) is 4.79 Å². The Hall–Kier alpha value is -2.40. The lowest BCUT2D eigenvalue weighted by atomic mass is 9.95. The summed E-state index contributed by atoms with van der Waals surface area (Å²) in [6, 6.07) is 13.3. The van der Waals surface area contributed by atoms with Crippen molar-refractivity contribution in [1.29, 1.82) is 0 Å². The number of carbonyl (C=O) groups is 1. The number of rotatable bonds is 8. The van der Waals surface area contributed by atoms with E-state index in [1.54, 1.807) is 26.2 Å². The van der Waals surface area contributed by atoms with E-state index in [1.165, 1.54) is 12.1 Å². The quantitative estimate of drug-likeness (QED) is 0.801. The van der Waals surface area contributed by atoms with Crippen molar-refractivity contribution in [2.45, 2.75) is 26.1 Å². The molecule has 0 amide bonds. The molecule has 2 unspecified atom stereocenters. The predicted molar refractivity (Wildman–Crippen MR) is 88.5 cm³/mol. The molecule has 0 aliphatic carbocycles. The van der Waals surface area contributed by atoms with Crippen LogP contribution >= 0.6 is 0 Å². The number of ether oxygens (including phenoxy) is 2. The van der Waals surface area contributed by atoms with Crippen molar-refractivity contribution < 1.29 is 23.8 Å². The summed E-state index contributed by atoms with van der Waals surface area (Å²) in [6.45, 7) is 2.06. The van der Waals surface area contributed by atoms with E-state index >= 15 is 0 Å². The molecule has 0 heterocycles. The van der Waals surface area contributed by atoms with Crippen LogP contribution in [-0.4, -0.2) is 24.3 Å². The van der Waals surface area contributed by atoms with Crippen LogP contribution in [0.4, 0.5) is 4.39 Å². The molecule has 0 spiro atoms. The Kier molecular flexibility index (Phi) is 6.32. The molecule has 2 aromatic carbocycles. The topological polar surface area (TPSA) is 55.8 Å². The third kappa shape index (κ3) is 5.06. The van der Waals surface area contributed by atoms with Gasteiger partial charge < -0.3 is 14.6 Å². The van der Waals surface area contributed by atoms with Gasteiger partial charge in [-0.25, -0.2) is 4.39 Å². The number of hydrogen-bond acceptors (Lipinski definition) is 3. The molecule has 24 heavy (non-hydrogen) atoms. The van der Waals surface area contributed by atoms with E-state index in [-0.39, 0.29) is 5.82 Å². The minimum absolute atomic E-state index is 0.291. The van der Waals surface area contributed by atoms with Crippen molar-refractivity contribution in [1.82, 2.24) is 0 Å². The number of halogens is 1. The molecule has 0 saturated heterocycles. The monoisotopic (exact) mass is 332 g/mol. The second kappa shape index (κ2) is 8.45. The molecule has 128 valence electrons. The maximum Gasteiger partial charge on any atom is 0.309 e. The molecule has 2 aromatic rings. The van der Waals surface area contributed by atoms with Crippen LogP contribution < -0.4 is 4.74 Å². The average molecular weight is 332 g/mol. The van der Waals surface area contributed by atoms with Gasteiger partial charge in [0.05, 0.1) is 25.7 Å². The van der Waals surface area contributed by atoms with Crippen molar-refractivity contribution in [3.8, 4) is 5.75 Å². The molecule has 0 radical (unpaired) electrons. The maximum absolute atomic E-state index is 13.0. The van der Waals surface area contributed by atoms with Gasteiger partial charge in [-0.05, 0) is 48.7 Å².